The number of rotatable bonds is 0. The molecule has 0 heterocycles. The van der Waals surface area contributed by atoms with Crippen molar-refractivity contribution in [3.63, 3.8) is 0 Å². The molecule has 306 valence electrons. The maximum absolute atomic E-state index is 8.63. The van der Waals surface area contributed by atoms with Crippen molar-refractivity contribution in [3.8, 4) is 11.5 Å². The van der Waals surface area contributed by atoms with Gasteiger partial charge in [-0.15, -0.1) is 0 Å². The maximum Gasteiger partial charge on any atom is 0.115 e. The molecule has 0 fully saturated rings. The number of hydrogen-bond acceptors (Lipinski definition) is 5. The molecule has 4 rings (SSSR count). The van der Waals surface area contributed by atoms with Gasteiger partial charge in [-0.05, 0) is 24.3 Å². The summed E-state index contributed by atoms with van der Waals surface area (Å²) in [6.45, 7) is 40.0. The summed E-state index contributed by atoms with van der Waals surface area (Å²) < 4.78 is 0. The molecule has 4 N–H and O–H groups in total. The van der Waals surface area contributed by atoms with Gasteiger partial charge in [0.05, 0.1) is 7.11 Å². The van der Waals surface area contributed by atoms with Crippen LogP contribution in [0.4, 0.5) is 0 Å². The zero-order valence-electron chi connectivity index (χ0n) is 37.9. The quantitative estimate of drug-likeness (QED) is 0.107. The van der Waals surface area contributed by atoms with Crippen LogP contribution in [0.15, 0.2) is 133 Å². The van der Waals surface area contributed by atoms with Crippen LogP contribution in [0, 0.1) is 0 Å². The largest absolute Gasteiger partial charge is 0.508 e. The summed E-state index contributed by atoms with van der Waals surface area (Å²) in [4.78, 5) is 3.25. The van der Waals surface area contributed by atoms with E-state index in [2.05, 4.69) is 4.89 Å². The minimum atomic E-state index is 0.322. The highest BCUT2D eigenvalue weighted by Gasteiger charge is 1.75. The van der Waals surface area contributed by atoms with Gasteiger partial charge < -0.3 is 15.3 Å². The lowest BCUT2D eigenvalue weighted by Gasteiger charge is -1.82. The van der Waals surface area contributed by atoms with Crippen molar-refractivity contribution in [3.05, 3.63) is 133 Å². The molecule has 0 saturated carbocycles. The van der Waals surface area contributed by atoms with E-state index in [1.807, 2.05) is 223 Å². The van der Waals surface area contributed by atoms with Crippen LogP contribution in [0.2, 0.25) is 0 Å². The highest BCUT2D eigenvalue weighted by atomic mass is 17.1. The number of hydrogen-bond donors (Lipinski definition) is 4. The minimum absolute atomic E-state index is 0.322. The number of aliphatic hydroxyl groups is 1. The van der Waals surface area contributed by atoms with Crippen LogP contribution >= 0.6 is 0 Å². The number of benzene rings is 4. The normalized spacial score (nSPS) is 5.88. The third kappa shape index (κ3) is 154. The predicted molar refractivity (Wildman–Crippen MR) is 240 cm³/mol. The van der Waals surface area contributed by atoms with Crippen molar-refractivity contribution >= 4 is 0 Å². The van der Waals surface area contributed by atoms with Crippen molar-refractivity contribution in [2.75, 3.05) is 14.2 Å². The molecule has 5 nitrogen and oxygen atoms in total. The van der Waals surface area contributed by atoms with Crippen LogP contribution in [0.3, 0.4) is 0 Å². The number of aromatic hydroxyl groups is 2. The Morgan fingerprint density at radius 1 is 0.275 bits per heavy atom. The zero-order valence-corrected chi connectivity index (χ0v) is 37.9. The van der Waals surface area contributed by atoms with Gasteiger partial charge in [-0.3, -0.25) is 5.26 Å². The molecule has 0 atom stereocenters. The average molecular weight is 725 g/mol. The second kappa shape index (κ2) is 148. The molecule has 0 radical (unpaired) electrons. The first kappa shape index (κ1) is 81.4. The van der Waals surface area contributed by atoms with Gasteiger partial charge >= 0.3 is 0 Å². The van der Waals surface area contributed by atoms with Gasteiger partial charge in [-0.1, -0.05) is 248 Å². The molecule has 0 bridgehead atoms. The van der Waals surface area contributed by atoms with Crippen LogP contribution in [0.25, 0.3) is 0 Å². The second-order valence-corrected chi connectivity index (χ2v) is 5.16. The van der Waals surface area contributed by atoms with Crippen molar-refractivity contribution in [1.82, 2.24) is 0 Å². The predicted octanol–water partition coefficient (Wildman–Crippen LogP) is 16.1. The van der Waals surface area contributed by atoms with Gasteiger partial charge in [0.1, 0.15) is 11.5 Å². The molecule has 0 aliphatic rings. The summed E-state index contributed by atoms with van der Waals surface area (Å²) in [6, 6.07) is 41.4. The molecule has 0 aliphatic carbocycles. The van der Waals surface area contributed by atoms with E-state index in [0.717, 1.165) is 7.11 Å². The van der Waals surface area contributed by atoms with Gasteiger partial charge in [0.15, 0.2) is 0 Å². The smallest absolute Gasteiger partial charge is 0.115 e. The topological polar surface area (TPSA) is 90.2 Å². The Bertz CT molecular complexity index is 649. The van der Waals surface area contributed by atoms with E-state index in [4.69, 9.17) is 20.6 Å². The Balaban J connectivity index is -0.0000000332. The van der Waals surface area contributed by atoms with E-state index in [1.54, 1.807) is 48.5 Å². The Morgan fingerprint density at radius 2 is 0.353 bits per heavy atom. The first-order valence-electron chi connectivity index (χ1n) is 19.3. The molecule has 0 aliphatic heterocycles. The van der Waals surface area contributed by atoms with Gasteiger partial charge in [0, 0.05) is 7.11 Å². The number of para-hydroxylation sites is 2. The summed E-state index contributed by atoms with van der Waals surface area (Å²) in [5, 5.41) is 31.3. The summed E-state index contributed by atoms with van der Waals surface area (Å²) in [6.07, 6.45) is 0. The van der Waals surface area contributed by atoms with Crippen LogP contribution < -0.4 is 0 Å². The van der Waals surface area contributed by atoms with Crippen molar-refractivity contribution in [2.45, 2.75) is 138 Å². The summed E-state index contributed by atoms with van der Waals surface area (Å²) in [5.41, 5.74) is 0. The molecule has 4 aromatic carbocycles. The third-order valence-electron chi connectivity index (χ3n) is 2.85. The first-order valence-corrected chi connectivity index (χ1v) is 19.3. The summed E-state index contributed by atoms with van der Waals surface area (Å²) >= 11 is 0. The van der Waals surface area contributed by atoms with Crippen LogP contribution in [0.5, 0.6) is 11.5 Å². The Labute approximate surface area is 322 Å². The molecule has 4 aromatic rings. The zero-order chi connectivity index (χ0) is 43.4. The summed E-state index contributed by atoms with van der Waals surface area (Å²) in [7, 11) is 2.18. The fourth-order valence-corrected chi connectivity index (χ4v) is 1.63. The van der Waals surface area contributed by atoms with E-state index in [1.165, 1.54) is 7.11 Å². The van der Waals surface area contributed by atoms with E-state index >= 15 is 0 Å². The SMILES string of the molecule is CC.CC.CC.CC.CC.CC.CC.CC.CC.CC.CO.COO.Oc1ccccc1.Oc1ccccc1.c1ccccc1.c1ccccc1. The average Bonchev–Trinajstić information content (AvgIpc) is 3.29. The molecule has 0 saturated heterocycles. The van der Waals surface area contributed by atoms with Crippen LogP contribution in [-0.2, 0) is 4.89 Å². The summed E-state index contributed by atoms with van der Waals surface area (Å²) in [5.74, 6) is 0.644. The van der Waals surface area contributed by atoms with Crippen molar-refractivity contribution in [1.29, 1.82) is 0 Å². The van der Waals surface area contributed by atoms with Crippen molar-refractivity contribution in [2.24, 2.45) is 0 Å². The van der Waals surface area contributed by atoms with Crippen LogP contribution in [-0.4, -0.2) is 34.8 Å². The monoisotopic (exact) mass is 725 g/mol. The molecular weight excluding hydrogens is 633 g/mol. The number of phenols is 2. The van der Waals surface area contributed by atoms with Gasteiger partial charge in [0.2, 0.25) is 0 Å². The molecule has 0 amide bonds. The number of aliphatic hydroxyl groups excluding tert-OH is 1. The maximum atomic E-state index is 8.63. The molecule has 0 unspecified atom stereocenters. The highest BCUT2D eigenvalue weighted by molar-refractivity contribution is 5.19. The second-order valence-electron chi connectivity index (χ2n) is 5.16. The molecule has 5 heteroatoms. The highest BCUT2D eigenvalue weighted by Crippen LogP contribution is 2.03. The minimum Gasteiger partial charge on any atom is -0.508 e. The van der Waals surface area contributed by atoms with E-state index in [9.17, 15) is 0 Å². The Kier molecular flexibility index (Phi) is 237. The fourth-order valence-electron chi connectivity index (χ4n) is 1.63. The third-order valence-corrected chi connectivity index (χ3v) is 2.85. The number of phenolic OH excluding ortho intramolecular Hbond substituents is 2. The van der Waals surface area contributed by atoms with Gasteiger partial charge in [-0.25, -0.2) is 4.89 Å². The lowest BCUT2D eigenvalue weighted by atomic mass is 10.3. The molecule has 0 spiro atoms. The van der Waals surface area contributed by atoms with Gasteiger partial charge in [0.25, 0.3) is 0 Å². The van der Waals surface area contributed by atoms with Crippen LogP contribution in [0.1, 0.15) is 138 Å². The molecule has 0 aromatic heterocycles. The Morgan fingerprint density at radius 3 is 0.412 bits per heavy atom. The lowest BCUT2D eigenvalue weighted by Crippen LogP contribution is -1.57. The van der Waals surface area contributed by atoms with E-state index in [-0.39, 0.29) is 0 Å². The molecule has 51 heavy (non-hydrogen) atoms. The standard InChI is InChI=1S/2C6H6O.2C6H6.10C2H6.CH4O2.CH4O/c2*7-6-4-2-1-3-5-6;2*1-2-4-6-5-3-1;10*1-2;1-3-2;1-2/h2*1-5,7H;2*1-6H;10*1-2H3;2H,1H3;2H,1H3. The Hall–Kier alpha value is -3.64. The molecular formula is C46H92O5. The van der Waals surface area contributed by atoms with E-state index in [0.29, 0.717) is 11.5 Å². The van der Waals surface area contributed by atoms with Gasteiger partial charge in [-0.2, -0.15) is 0 Å². The van der Waals surface area contributed by atoms with E-state index < -0.39 is 0 Å². The van der Waals surface area contributed by atoms with Crippen molar-refractivity contribution < 1.29 is 25.5 Å². The first-order chi connectivity index (χ1) is 25.2. The fraction of sp³-hybridized carbons (Fsp3) is 0.478. The lowest BCUT2D eigenvalue weighted by molar-refractivity contribution is -0.214.